The van der Waals surface area contributed by atoms with Crippen LogP contribution in [-0.2, 0) is 4.79 Å². The normalized spacial score (nSPS) is 13.3. The lowest BCUT2D eigenvalue weighted by Crippen LogP contribution is -2.26. The van der Waals surface area contributed by atoms with E-state index in [9.17, 15) is 4.79 Å². The van der Waals surface area contributed by atoms with Gasteiger partial charge in [0.15, 0.2) is 18.1 Å². The number of hydrogen-bond donors (Lipinski definition) is 1. The lowest BCUT2D eigenvalue weighted by Gasteiger charge is -2.20. The number of amides is 1. The van der Waals surface area contributed by atoms with Crippen LogP contribution >= 0.6 is 51.3 Å². The average Bonchev–Trinajstić information content (AvgIpc) is 3.24. The highest BCUT2D eigenvalue weighted by Crippen LogP contribution is 2.37. The monoisotopic (exact) mass is 516 g/mol. The third kappa shape index (κ3) is 5.34. The van der Waals surface area contributed by atoms with Gasteiger partial charge in [-0.05, 0) is 53.0 Å². The minimum Gasteiger partial charge on any atom is -0.493 e. The van der Waals surface area contributed by atoms with Crippen LogP contribution < -0.4 is 14.8 Å². The van der Waals surface area contributed by atoms with E-state index >= 15 is 0 Å². The fourth-order valence-corrected chi connectivity index (χ4v) is 4.22. The Labute approximate surface area is 193 Å². The van der Waals surface area contributed by atoms with Gasteiger partial charge in [0, 0.05) is 18.7 Å². The van der Waals surface area contributed by atoms with Crippen molar-refractivity contribution in [3.63, 3.8) is 0 Å². The number of halogens is 3. The van der Waals surface area contributed by atoms with Gasteiger partial charge in [0.05, 0.1) is 27.3 Å². The molecule has 1 amide bonds. The zero-order valence-corrected chi connectivity index (χ0v) is 19.6. The molecule has 1 fully saturated rings. The Balaban J connectivity index is 1.70. The molecule has 0 aliphatic carbocycles. The van der Waals surface area contributed by atoms with Crippen LogP contribution in [0, 0.1) is 0 Å². The number of likely N-dealkylation sites (tertiary alicyclic amines) is 1. The maximum absolute atomic E-state index is 12.3. The first kappa shape index (κ1) is 22.2. The van der Waals surface area contributed by atoms with Gasteiger partial charge in [-0.15, -0.1) is 0 Å². The number of methoxy groups -OCH3 is 1. The summed E-state index contributed by atoms with van der Waals surface area (Å²) in [6.45, 7) is 1.69. The zero-order valence-electron chi connectivity index (χ0n) is 15.6. The molecule has 1 aliphatic rings. The van der Waals surface area contributed by atoms with Crippen molar-refractivity contribution in [1.82, 2.24) is 4.90 Å². The summed E-state index contributed by atoms with van der Waals surface area (Å²) in [5, 5.41) is 3.32. The van der Waals surface area contributed by atoms with Gasteiger partial charge < -0.3 is 19.7 Å². The summed E-state index contributed by atoms with van der Waals surface area (Å²) in [4.78, 5) is 15.2. The first-order valence-corrected chi connectivity index (χ1v) is 10.9. The van der Waals surface area contributed by atoms with Crippen LogP contribution in [0.2, 0.25) is 10.0 Å². The molecule has 0 atom stereocenters. The van der Waals surface area contributed by atoms with Crippen molar-refractivity contribution in [2.24, 2.45) is 0 Å². The number of anilines is 1. The molecule has 2 aromatic carbocycles. The highest BCUT2D eigenvalue weighted by Gasteiger charge is 2.20. The van der Waals surface area contributed by atoms with Crippen LogP contribution in [0.4, 0.5) is 5.69 Å². The molecule has 2 aromatic rings. The largest absolute Gasteiger partial charge is 0.493 e. The Morgan fingerprint density at radius 3 is 2.69 bits per heavy atom. The van der Waals surface area contributed by atoms with Gasteiger partial charge in [-0.3, -0.25) is 4.79 Å². The van der Waals surface area contributed by atoms with Crippen LogP contribution in [0.5, 0.6) is 11.5 Å². The number of carbonyl (C=O) groups is 1. The van der Waals surface area contributed by atoms with E-state index in [1.165, 1.54) is 0 Å². The second-order valence-corrected chi connectivity index (χ2v) is 8.45. The molecule has 3 rings (SSSR count). The molecular formula is C20H19BrCl2N2O3S. The molecular weight excluding hydrogens is 499 g/mol. The van der Waals surface area contributed by atoms with E-state index in [4.69, 9.17) is 44.9 Å². The minimum atomic E-state index is -0.375. The Morgan fingerprint density at radius 2 is 2.00 bits per heavy atom. The van der Waals surface area contributed by atoms with Gasteiger partial charge in [-0.2, -0.15) is 0 Å². The molecule has 1 heterocycles. The Kier molecular flexibility index (Phi) is 7.62. The average molecular weight is 518 g/mol. The summed E-state index contributed by atoms with van der Waals surface area (Å²) in [6, 6.07) is 8.71. The maximum atomic E-state index is 12.3. The minimum absolute atomic E-state index is 0.228. The van der Waals surface area contributed by atoms with Gasteiger partial charge in [0.2, 0.25) is 0 Å². The molecule has 154 valence electrons. The van der Waals surface area contributed by atoms with E-state index in [0.717, 1.165) is 36.5 Å². The van der Waals surface area contributed by atoms with Crippen LogP contribution in [0.25, 0.3) is 0 Å². The third-order valence-corrected chi connectivity index (χ3v) is 6.34. The molecule has 9 heteroatoms. The van der Waals surface area contributed by atoms with Crippen LogP contribution in [0.1, 0.15) is 18.4 Å². The fraction of sp³-hybridized carbons (Fsp3) is 0.300. The Bertz CT molecular complexity index is 936. The van der Waals surface area contributed by atoms with E-state index in [1.807, 2.05) is 12.1 Å². The zero-order chi connectivity index (χ0) is 21.0. The van der Waals surface area contributed by atoms with Crippen LogP contribution in [0.15, 0.2) is 34.8 Å². The second-order valence-electron chi connectivity index (χ2n) is 6.43. The number of ether oxygens (including phenoxy) is 2. The van der Waals surface area contributed by atoms with Gasteiger partial charge >= 0.3 is 0 Å². The summed E-state index contributed by atoms with van der Waals surface area (Å²) in [5.74, 6) is 0.539. The van der Waals surface area contributed by atoms with Gasteiger partial charge in [0.25, 0.3) is 5.91 Å². The maximum Gasteiger partial charge on any atom is 0.262 e. The van der Waals surface area contributed by atoms with Crippen LogP contribution in [-0.4, -0.2) is 42.6 Å². The van der Waals surface area contributed by atoms with Crippen molar-refractivity contribution in [1.29, 1.82) is 0 Å². The number of rotatable bonds is 6. The lowest BCUT2D eigenvalue weighted by atomic mass is 10.2. The summed E-state index contributed by atoms with van der Waals surface area (Å²) in [7, 11) is 1.54. The first-order valence-electron chi connectivity index (χ1n) is 8.94. The number of carbonyl (C=O) groups excluding carboxylic acids is 1. The molecule has 0 bridgehead atoms. The van der Waals surface area contributed by atoms with Crippen molar-refractivity contribution in [2.75, 3.05) is 32.1 Å². The molecule has 0 radical (unpaired) electrons. The van der Waals surface area contributed by atoms with Crippen molar-refractivity contribution in [2.45, 2.75) is 12.8 Å². The van der Waals surface area contributed by atoms with Gasteiger partial charge in [-0.1, -0.05) is 41.5 Å². The second kappa shape index (κ2) is 9.98. The smallest absolute Gasteiger partial charge is 0.262 e. The van der Waals surface area contributed by atoms with Crippen molar-refractivity contribution >= 4 is 67.9 Å². The molecule has 0 spiro atoms. The topological polar surface area (TPSA) is 50.8 Å². The molecule has 1 saturated heterocycles. The summed E-state index contributed by atoms with van der Waals surface area (Å²) < 4.78 is 11.8. The van der Waals surface area contributed by atoms with Gasteiger partial charge in [-0.25, -0.2) is 0 Å². The van der Waals surface area contributed by atoms with Gasteiger partial charge in [0.1, 0.15) is 4.99 Å². The summed E-state index contributed by atoms with van der Waals surface area (Å²) in [6.07, 6.45) is 2.29. The van der Waals surface area contributed by atoms with E-state index < -0.39 is 0 Å². The van der Waals surface area contributed by atoms with E-state index in [0.29, 0.717) is 26.7 Å². The van der Waals surface area contributed by atoms with Crippen molar-refractivity contribution in [3.8, 4) is 11.5 Å². The lowest BCUT2D eigenvalue weighted by molar-refractivity contribution is -0.118. The Hall–Kier alpha value is -1.54. The predicted octanol–water partition coefficient (Wildman–Crippen LogP) is 5.55. The van der Waals surface area contributed by atoms with Crippen molar-refractivity contribution < 1.29 is 14.3 Å². The van der Waals surface area contributed by atoms with E-state index in [2.05, 4.69) is 26.1 Å². The third-order valence-electron chi connectivity index (χ3n) is 4.44. The highest BCUT2D eigenvalue weighted by atomic mass is 79.9. The SMILES string of the molecule is COc1cc(C(=S)N2CCCC2)cc(Br)c1OCC(=O)Nc1cccc(Cl)c1Cl. The van der Waals surface area contributed by atoms with E-state index in [-0.39, 0.29) is 17.5 Å². The van der Waals surface area contributed by atoms with Crippen molar-refractivity contribution in [3.05, 3.63) is 50.4 Å². The fourth-order valence-electron chi connectivity index (χ4n) is 3.01. The molecule has 0 saturated carbocycles. The predicted molar refractivity (Wildman–Crippen MR) is 124 cm³/mol. The molecule has 0 unspecified atom stereocenters. The number of nitrogens with one attached hydrogen (secondary N) is 1. The highest BCUT2D eigenvalue weighted by molar-refractivity contribution is 9.10. The molecule has 0 aromatic heterocycles. The number of benzene rings is 2. The summed E-state index contributed by atoms with van der Waals surface area (Å²) in [5.41, 5.74) is 1.29. The molecule has 5 nitrogen and oxygen atoms in total. The molecule has 29 heavy (non-hydrogen) atoms. The first-order chi connectivity index (χ1) is 13.9. The number of thiocarbonyl (C=S) groups is 1. The Morgan fingerprint density at radius 1 is 1.28 bits per heavy atom. The summed E-state index contributed by atoms with van der Waals surface area (Å²) >= 11 is 21.2. The quantitative estimate of drug-likeness (QED) is 0.509. The molecule has 1 aliphatic heterocycles. The molecule has 1 N–H and O–H groups in total. The standard InChI is InChI=1S/C20H19BrCl2N2O3S/c1-27-16-10-12(20(29)25-7-2-3-8-25)9-13(21)19(16)28-11-17(26)24-15-6-4-5-14(22)18(15)23/h4-6,9-10H,2-3,7-8,11H2,1H3,(H,24,26). The number of hydrogen-bond acceptors (Lipinski definition) is 4. The van der Waals surface area contributed by atoms with Crippen LogP contribution in [0.3, 0.4) is 0 Å². The van der Waals surface area contributed by atoms with E-state index in [1.54, 1.807) is 25.3 Å². The number of nitrogens with zero attached hydrogens (tertiary/aromatic N) is 1.